The maximum Gasteiger partial charge on any atom is 0.271 e. The first-order chi connectivity index (χ1) is 16.2. The van der Waals surface area contributed by atoms with Crippen LogP contribution in [0.4, 0.5) is 0 Å². The normalized spacial score (nSPS) is 18.6. The smallest absolute Gasteiger partial charge is 0.271 e. The Morgan fingerprint density at radius 2 is 2.00 bits per heavy atom. The molecule has 7 nitrogen and oxygen atoms in total. The zero-order valence-corrected chi connectivity index (χ0v) is 18.7. The van der Waals surface area contributed by atoms with Gasteiger partial charge in [0.25, 0.3) is 5.91 Å². The van der Waals surface area contributed by atoms with E-state index in [9.17, 15) is 4.79 Å². The lowest BCUT2D eigenvalue weighted by Gasteiger charge is -2.41. The van der Waals surface area contributed by atoms with E-state index in [2.05, 4.69) is 22.3 Å². The van der Waals surface area contributed by atoms with Gasteiger partial charge in [0.1, 0.15) is 17.1 Å². The summed E-state index contributed by atoms with van der Waals surface area (Å²) < 4.78 is 8.09. The molecule has 1 aromatic carbocycles. The zero-order valence-electron chi connectivity index (χ0n) is 18.7. The van der Waals surface area contributed by atoms with Crippen molar-refractivity contribution in [3.8, 4) is 17.0 Å². The second kappa shape index (κ2) is 8.06. The number of nitrogens with zero attached hydrogens (tertiary/aromatic N) is 4. The number of pyridine rings is 1. The van der Waals surface area contributed by atoms with Crippen LogP contribution in [-0.2, 0) is 7.05 Å². The van der Waals surface area contributed by atoms with Crippen LogP contribution in [-0.4, -0.2) is 43.2 Å². The number of aromatic nitrogens is 4. The highest BCUT2D eigenvalue weighted by molar-refractivity contribution is 5.98. The number of aromatic amines is 1. The van der Waals surface area contributed by atoms with Crippen molar-refractivity contribution in [3.05, 3.63) is 66.1 Å². The molecule has 1 atom stereocenters. The minimum absolute atomic E-state index is 0.0405. The van der Waals surface area contributed by atoms with Crippen molar-refractivity contribution in [1.29, 1.82) is 0 Å². The van der Waals surface area contributed by atoms with E-state index in [1.165, 1.54) is 12.8 Å². The number of nitrogens with one attached hydrogen (secondary N) is 1. The maximum absolute atomic E-state index is 13.5. The first-order valence-corrected chi connectivity index (χ1v) is 11.7. The average Bonchev–Trinajstić information content (AvgIpc) is 3.55. The molecule has 7 heteroatoms. The molecule has 1 aliphatic heterocycles. The molecule has 0 radical (unpaired) electrons. The summed E-state index contributed by atoms with van der Waals surface area (Å²) in [5.41, 5.74) is 4.35. The topological polar surface area (TPSA) is 76.0 Å². The third-order valence-electron chi connectivity index (χ3n) is 7.02. The van der Waals surface area contributed by atoms with Crippen molar-refractivity contribution in [2.45, 2.75) is 44.2 Å². The second-order valence-corrected chi connectivity index (χ2v) is 9.08. The summed E-state index contributed by atoms with van der Waals surface area (Å²) in [6, 6.07) is 14.3. The number of benzene rings is 1. The van der Waals surface area contributed by atoms with Gasteiger partial charge in [0.05, 0.1) is 24.0 Å². The fraction of sp³-hybridized carbons (Fsp3) is 0.346. The molecule has 4 heterocycles. The Kier molecular flexibility index (Phi) is 4.89. The van der Waals surface area contributed by atoms with Gasteiger partial charge < -0.3 is 14.2 Å². The van der Waals surface area contributed by atoms with Crippen LogP contribution in [0.25, 0.3) is 22.3 Å². The minimum atomic E-state index is 0.0405. The molecule has 1 N–H and O–H groups in total. The molecule has 1 saturated carbocycles. The number of H-pyrrole nitrogens is 1. The van der Waals surface area contributed by atoms with Gasteiger partial charge in [-0.3, -0.25) is 9.89 Å². The standard InChI is InChI=1S/C26H27N5O2/c1-30-24(14-18-9-10-22(29-25(18)30)19-15-27-28-16-19)26(32)31-12-11-23(31)17-5-4-8-21(13-17)33-20-6-2-3-7-20/h4-5,8-10,13-16,20,23H,2-3,6-7,11-12H2,1H3,(H,27,28)/t23-/m1/s1. The van der Waals surface area contributed by atoms with E-state index in [1.807, 2.05) is 53.0 Å². The predicted octanol–water partition coefficient (Wildman–Crippen LogP) is 4.87. The number of ether oxygens (including phenoxy) is 1. The van der Waals surface area contributed by atoms with Gasteiger partial charge in [-0.05, 0) is 68.0 Å². The molecular weight excluding hydrogens is 414 g/mol. The number of hydrogen-bond donors (Lipinski definition) is 1. The average molecular weight is 442 g/mol. The number of carbonyl (C=O) groups is 1. The SMILES string of the molecule is Cn1c(C(=O)N2CC[C@@H]2c2cccc(OC3CCCC3)c2)cc2ccc(-c3cn[nH]c3)nc21. The lowest BCUT2D eigenvalue weighted by Crippen LogP contribution is -2.45. The Morgan fingerprint density at radius 1 is 1.12 bits per heavy atom. The van der Waals surface area contributed by atoms with Crippen molar-refractivity contribution < 1.29 is 9.53 Å². The quantitative estimate of drug-likeness (QED) is 0.479. The molecule has 0 bridgehead atoms. The Labute approximate surface area is 192 Å². The third-order valence-corrected chi connectivity index (χ3v) is 7.02. The van der Waals surface area contributed by atoms with E-state index in [1.54, 1.807) is 6.20 Å². The van der Waals surface area contributed by atoms with Gasteiger partial charge in [-0.15, -0.1) is 0 Å². The summed E-state index contributed by atoms with van der Waals surface area (Å²) in [4.78, 5) is 20.2. The molecule has 2 aliphatic rings. The number of carbonyl (C=O) groups excluding carboxylic acids is 1. The molecule has 0 unspecified atom stereocenters. The van der Waals surface area contributed by atoms with E-state index in [0.29, 0.717) is 11.8 Å². The molecule has 1 aliphatic carbocycles. The lowest BCUT2D eigenvalue weighted by atomic mass is 9.94. The zero-order chi connectivity index (χ0) is 22.4. The van der Waals surface area contributed by atoms with Crippen molar-refractivity contribution in [2.75, 3.05) is 6.54 Å². The molecule has 168 valence electrons. The van der Waals surface area contributed by atoms with Gasteiger partial charge >= 0.3 is 0 Å². The largest absolute Gasteiger partial charge is 0.490 e. The summed E-state index contributed by atoms with van der Waals surface area (Å²) in [5.74, 6) is 0.956. The first-order valence-electron chi connectivity index (χ1n) is 11.7. The van der Waals surface area contributed by atoms with Crippen LogP contribution in [0, 0.1) is 0 Å². The Morgan fingerprint density at radius 3 is 2.76 bits per heavy atom. The van der Waals surface area contributed by atoms with Crippen molar-refractivity contribution >= 4 is 16.9 Å². The summed E-state index contributed by atoms with van der Waals surface area (Å²) in [5, 5.41) is 7.78. The van der Waals surface area contributed by atoms with Crippen LogP contribution in [0.15, 0.2) is 54.9 Å². The van der Waals surface area contributed by atoms with Crippen molar-refractivity contribution in [3.63, 3.8) is 0 Å². The summed E-state index contributed by atoms with van der Waals surface area (Å²) in [6.45, 7) is 0.756. The van der Waals surface area contributed by atoms with Crippen LogP contribution in [0.1, 0.15) is 54.2 Å². The molecule has 1 saturated heterocycles. The van der Waals surface area contributed by atoms with Crippen LogP contribution in [0.2, 0.25) is 0 Å². The summed E-state index contributed by atoms with van der Waals surface area (Å²) >= 11 is 0. The van der Waals surface area contributed by atoms with E-state index in [-0.39, 0.29) is 11.9 Å². The number of fused-ring (bicyclic) bond motifs is 1. The van der Waals surface area contributed by atoms with Gasteiger partial charge in [0.15, 0.2) is 0 Å². The van der Waals surface area contributed by atoms with Crippen LogP contribution in [0.5, 0.6) is 5.75 Å². The highest BCUT2D eigenvalue weighted by atomic mass is 16.5. The maximum atomic E-state index is 13.5. The van der Waals surface area contributed by atoms with Crippen molar-refractivity contribution in [1.82, 2.24) is 24.6 Å². The van der Waals surface area contributed by atoms with E-state index < -0.39 is 0 Å². The van der Waals surface area contributed by atoms with E-state index in [4.69, 9.17) is 9.72 Å². The van der Waals surface area contributed by atoms with Gasteiger partial charge in [0.2, 0.25) is 0 Å². The number of likely N-dealkylation sites (tertiary alicyclic amines) is 1. The fourth-order valence-electron chi connectivity index (χ4n) is 5.07. The summed E-state index contributed by atoms with van der Waals surface area (Å²) in [7, 11) is 1.91. The number of rotatable bonds is 5. The third kappa shape index (κ3) is 3.57. The Bertz CT molecular complexity index is 1300. The molecule has 6 rings (SSSR count). The van der Waals surface area contributed by atoms with Gasteiger partial charge in [0, 0.05) is 30.7 Å². The number of aryl methyl sites for hydroxylation is 1. The monoisotopic (exact) mass is 441 g/mol. The predicted molar refractivity (Wildman–Crippen MR) is 126 cm³/mol. The fourth-order valence-corrected chi connectivity index (χ4v) is 5.07. The van der Waals surface area contributed by atoms with Gasteiger partial charge in [-0.2, -0.15) is 5.10 Å². The number of hydrogen-bond acceptors (Lipinski definition) is 4. The second-order valence-electron chi connectivity index (χ2n) is 9.08. The van der Waals surface area contributed by atoms with Crippen LogP contribution >= 0.6 is 0 Å². The minimum Gasteiger partial charge on any atom is -0.490 e. The van der Waals surface area contributed by atoms with Crippen molar-refractivity contribution in [2.24, 2.45) is 7.05 Å². The Hall–Kier alpha value is -3.61. The van der Waals surface area contributed by atoms with Crippen LogP contribution in [0.3, 0.4) is 0 Å². The molecule has 33 heavy (non-hydrogen) atoms. The highest BCUT2D eigenvalue weighted by Gasteiger charge is 2.35. The Balaban J connectivity index is 1.25. The number of amides is 1. The molecule has 2 fully saturated rings. The summed E-state index contributed by atoms with van der Waals surface area (Å²) in [6.07, 6.45) is 9.62. The molecule has 1 amide bonds. The highest BCUT2D eigenvalue weighted by Crippen LogP contribution is 2.37. The molecular formula is C26H27N5O2. The molecule has 4 aromatic rings. The molecule has 0 spiro atoms. The van der Waals surface area contributed by atoms with Gasteiger partial charge in [-0.25, -0.2) is 4.98 Å². The van der Waals surface area contributed by atoms with E-state index >= 15 is 0 Å². The lowest BCUT2D eigenvalue weighted by molar-refractivity contribution is 0.0450. The van der Waals surface area contributed by atoms with Gasteiger partial charge in [-0.1, -0.05) is 12.1 Å². The first kappa shape index (κ1) is 20.0. The molecule has 3 aromatic heterocycles. The van der Waals surface area contributed by atoms with Crippen LogP contribution < -0.4 is 4.74 Å². The van der Waals surface area contributed by atoms with E-state index in [0.717, 1.165) is 59.4 Å².